The summed E-state index contributed by atoms with van der Waals surface area (Å²) in [7, 11) is 1.82. The predicted octanol–water partition coefficient (Wildman–Crippen LogP) is 2.39. The molecule has 2 aromatic heterocycles. The minimum Gasteiger partial charge on any atom is -0.366 e. The van der Waals surface area contributed by atoms with Crippen molar-refractivity contribution in [3.63, 3.8) is 0 Å². The van der Waals surface area contributed by atoms with Gasteiger partial charge in [-0.1, -0.05) is 19.8 Å². The summed E-state index contributed by atoms with van der Waals surface area (Å²) in [5, 5.41) is 14.5. The zero-order valence-electron chi connectivity index (χ0n) is 11.4. The molecule has 0 spiro atoms. The van der Waals surface area contributed by atoms with Crippen LogP contribution in [0.15, 0.2) is 6.20 Å². The Morgan fingerprint density at radius 1 is 1.26 bits per heavy atom. The Morgan fingerprint density at radius 2 is 2.11 bits per heavy atom. The van der Waals surface area contributed by atoms with Gasteiger partial charge in [0, 0.05) is 13.1 Å². The summed E-state index contributed by atoms with van der Waals surface area (Å²) in [6.07, 6.45) is 6.91. The highest BCUT2D eigenvalue weighted by molar-refractivity contribution is 5.87. The number of hydrogen-bond donors (Lipinski definition) is 3. The first kappa shape index (κ1) is 12.2. The summed E-state index contributed by atoms with van der Waals surface area (Å²) in [6, 6.07) is 0.492. The van der Waals surface area contributed by atoms with E-state index in [1.54, 1.807) is 6.20 Å². The number of nitrogens with zero attached hydrogens (tertiary/aromatic N) is 3. The SMILES string of the molecule is CNc1nc(NC2CCCCC2C)c2cn[nH]c2n1. The fourth-order valence-corrected chi connectivity index (χ4v) is 2.76. The Balaban J connectivity index is 1.92. The second-order valence-corrected chi connectivity index (χ2v) is 5.29. The maximum atomic E-state index is 4.53. The highest BCUT2D eigenvalue weighted by atomic mass is 15.2. The Hall–Kier alpha value is -1.85. The highest BCUT2D eigenvalue weighted by Crippen LogP contribution is 2.28. The summed E-state index contributed by atoms with van der Waals surface area (Å²) in [4.78, 5) is 8.87. The largest absolute Gasteiger partial charge is 0.366 e. The van der Waals surface area contributed by atoms with Gasteiger partial charge in [0.1, 0.15) is 5.82 Å². The molecular formula is C13H20N6. The monoisotopic (exact) mass is 260 g/mol. The zero-order valence-corrected chi connectivity index (χ0v) is 11.4. The van der Waals surface area contributed by atoms with Crippen LogP contribution in [0.3, 0.4) is 0 Å². The molecule has 2 aromatic rings. The molecule has 0 bridgehead atoms. The fraction of sp³-hybridized carbons (Fsp3) is 0.615. The van der Waals surface area contributed by atoms with E-state index in [1.807, 2.05) is 7.05 Å². The summed E-state index contributed by atoms with van der Waals surface area (Å²) in [5.74, 6) is 2.17. The second kappa shape index (κ2) is 5.03. The normalized spacial score (nSPS) is 23.5. The maximum Gasteiger partial charge on any atom is 0.226 e. The van der Waals surface area contributed by atoms with Crippen LogP contribution in [-0.4, -0.2) is 33.3 Å². The van der Waals surface area contributed by atoms with Crippen LogP contribution in [0.2, 0.25) is 0 Å². The average Bonchev–Trinajstić information content (AvgIpc) is 2.89. The smallest absolute Gasteiger partial charge is 0.226 e. The molecule has 3 N–H and O–H groups in total. The van der Waals surface area contributed by atoms with Crippen molar-refractivity contribution in [3.05, 3.63) is 6.20 Å². The highest BCUT2D eigenvalue weighted by Gasteiger charge is 2.22. The molecule has 1 saturated carbocycles. The number of H-pyrrole nitrogens is 1. The summed E-state index contributed by atoms with van der Waals surface area (Å²) < 4.78 is 0. The van der Waals surface area contributed by atoms with E-state index in [0.29, 0.717) is 17.9 Å². The van der Waals surface area contributed by atoms with Crippen LogP contribution in [0.4, 0.5) is 11.8 Å². The van der Waals surface area contributed by atoms with E-state index in [-0.39, 0.29) is 0 Å². The van der Waals surface area contributed by atoms with Gasteiger partial charge in [0.2, 0.25) is 5.95 Å². The van der Waals surface area contributed by atoms with E-state index < -0.39 is 0 Å². The quantitative estimate of drug-likeness (QED) is 0.789. The van der Waals surface area contributed by atoms with Gasteiger partial charge in [-0.25, -0.2) is 0 Å². The molecule has 19 heavy (non-hydrogen) atoms. The average molecular weight is 260 g/mol. The van der Waals surface area contributed by atoms with Crippen molar-refractivity contribution < 1.29 is 0 Å². The molecule has 2 atom stereocenters. The van der Waals surface area contributed by atoms with Crippen molar-refractivity contribution in [3.8, 4) is 0 Å². The molecule has 3 rings (SSSR count). The molecule has 0 aliphatic heterocycles. The van der Waals surface area contributed by atoms with Crippen molar-refractivity contribution in [2.75, 3.05) is 17.7 Å². The van der Waals surface area contributed by atoms with Crippen molar-refractivity contribution >= 4 is 22.8 Å². The molecule has 2 heterocycles. The molecule has 6 heteroatoms. The molecule has 0 aromatic carbocycles. The van der Waals surface area contributed by atoms with Gasteiger partial charge in [0.05, 0.1) is 11.6 Å². The number of nitrogens with one attached hydrogen (secondary N) is 3. The lowest BCUT2D eigenvalue weighted by molar-refractivity contribution is 0.349. The lowest BCUT2D eigenvalue weighted by Gasteiger charge is -2.30. The maximum absolute atomic E-state index is 4.53. The minimum atomic E-state index is 0.492. The zero-order chi connectivity index (χ0) is 13.2. The first-order valence-electron chi connectivity index (χ1n) is 6.93. The van der Waals surface area contributed by atoms with Crippen LogP contribution in [0, 0.1) is 5.92 Å². The van der Waals surface area contributed by atoms with Gasteiger partial charge in [0.15, 0.2) is 5.65 Å². The number of anilines is 2. The van der Waals surface area contributed by atoms with Crippen LogP contribution in [0.5, 0.6) is 0 Å². The van der Waals surface area contributed by atoms with Gasteiger partial charge in [-0.15, -0.1) is 0 Å². The Bertz CT molecular complexity index is 563. The van der Waals surface area contributed by atoms with E-state index in [4.69, 9.17) is 0 Å². The van der Waals surface area contributed by atoms with Crippen LogP contribution in [-0.2, 0) is 0 Å². The van der Waals surface area contributed by atoms with E-state index in [2.05, 4.69) is 37.7 Å². The lowest BCUT2D eigenvalue weighted by Crippen LogP contribution is -2.30. The summed E-state index contributed by atoms with van der Waals surface area (Å²) in [5.41, 5.74) is 0.769. The first-order valence-corrected chi connectivity index (χ1v) is 6.93. The molecule has 1 aliphatic rings. The standard InChI is InChI=1S/C13H20N6/c1-8-5-3-4-6-10(8)16-11-9-7-15-19-12(9)18-13(14-2)17-11/h7-8,10H,3-6H2,1-2H3,(H3,14,15,16,17,18,19). The van der Waals surface area contributed by atoms with Crippen molar-refractivity contribution in [1.29, 1.82) is 0 Å². The topological polar surface area (TPSA) is 78.5 Å². The molecule has 1 fully saturated rings. The third-order valence-electron chi connectivity index (χ3n) is 3.97. The predicted molar refractivity (Wildman–Crippen MR) is 76.3 cm³/mol. The number of hydrogen-bond acceptors (Lipinski definition) is 5. The van der Waals surface area contributed by atoms with Crippen molar-refractivity contribution in [2.45, 2.75) is 38.6 Å². The molecule has 1 aliphatic carbocycles. The van der Waals surface area contributed by atoms with E-state index in [1.165, 1.54) is 25.7 Å². The van der Waals surface area contributed by atoms with Crippen molar-refractivity contribution in [2.24, 2.45) is 5.92 Å². The Labute approximate surface area is 112 Å². The molecule has 6 nitrogen and oxygen atoms in total. The summed E-state index contributed by atoms with van der Waals surface area (Å²) in [6.45, 7) is 2.31. The molecule has 0 saturated heterocycles. The van der Waals surface area contributed by atoms with Gasteiger partial charge in [-0.2, -0.15) is 15.1 Å². The van der Waals surface area contributed by atoms with E-state index in [9.17, 15) is 0 Å². The van der Waals surface area contributed by atoms with Crippen LogP contribution in [0.25, 0.3) is 11.0 Å². The molecule has 2 unspecified atom stereocenters. The van der Waals surface area contributed by atoms with Gasteiger partial charge >= 0.3 is 0 Å². The Kier molecular flexibility index (Phi) is 3.23. The third kappa shape index (κ3) is 2.34. The molecule has 102 valence electrons. The van der Waals surface area contributed by atoms with Gasteiger partial charge in [-0.05, 0) is 18.8 Å². The number of aromatic nitrogens is 4. The molecule has 0 amide bonds. The third-order valence-corrected chi connectivity index (χ3v) is 3.97. The number of aromatic amines is 1. The lowest BCUT2D eigenvalue weighted by atomic mass is 9.86. The molecular weight excluding hydrogens is 240 g/mol. The van der Waals surface area contributed by atoms with E-state index in [0.717, 1.165) is 16.9 Å². The Morgan fingerprint density at radius 3 is 2.89 bits per heavy atom. The van der Waals surface area contributed by atoms with Gasteiger partial charge < -0.3 is 10.6 Å². The minimum absolute atomic E-state index is 0.492. The van der Waals surface area contributed by atoms with Crippen LogP contribution >= 0.6 is 0 Å². The van der Waals surface area contributed by atoms with Crippen LogP contribution < -0.4 is 10.6 Å². The second-order valence-electron chi connectivity index (χ2n) is 5.29. The van der Waals surface area contributed by atoms with Gasteiger partial charge in [0.25, 0.3) is 0 Å². The summed E-state index contributed by atoms with van der Waals surface area (Å²) >= 11 is 0. The van der Waals surface area contributed by atoms with Crippen molar-refractivity contribution in [1.82, 2.24) is 20.2 Å². The molecule has 0 radical (unpaired) electrons. The van der Waals surface area contributed by atoms with Crippen LogP contribution in [0.1, 0.15) is 32.6 Å². The van der Waals surface area contributed by atoms with Gasteiger partial charge in [-0.3, -0.25) is 5.10 Å². The van der Waals surface area contributed by atoms with E-state index >= 15 is 0 Å². The number of fused-ring (bicyclic) bond motifs is 1. The first-order chi connectivity index (χ1) is 9.28. The fourth-order valence-electron chi connectivity index (χ4n) is 2.76. The number of rotatable bonds is 3.